The minimum atomic E-state index is 0. The van der Waals surface area contributed by atoms with Crippen molar-refractivity contribution in [2.45, 2.75) is 0 Å². The maximum atomic E-state index is 9.22. The number of hydrogen-bond donors (Lipinski definition) is 2. The van der Waals surface area contributed by atoms with Gasteiger partial charge in [-0.25, -0.2) is 5.43 Å². The molecule has 0 fully saturated rings. The van der Waals surface area contributed by atoms with Gasteiger partial charge >= 0.3 is 0 Å². The molecule has 32 valence electrons. The van der Waals surface area contributed by atoms with Crippen LogP contribution in [0.4, 0.5) is 0 Å². The summed E-state index contributed by atoms with van der Waals surface area (Å²) in [6.07, 6.45) is 0.562. The fourth-order valence-corrected chi connectivity index (χ4v) is 0.0481. The van der Waals surface area contributed by atoms with Gasteiger partial charge in [0.2, 0.25) is 6.41 Å². The quantitative estimate of drug-likeness (QED) is 0.132. The van der Waals surface area contributed by atoms with Gasteiger partial charge < -0.3 is 5.43 Å². The zero-order chi connectivity index (χ0) is 4.12. The van der Waals surface area contributed by atoms with E-state index in [0.717, 1.165) is 0 Å². The van der Waals surface area contributed by atoms with E-state index in [1.165, 1.54) is 5.43 Å². The second kappa shape index (κ2) is 3.43. The van der Waals surface area contributed by atoms with E-state index in [4.69, 9.17) is 0 Å². The molecule has 0 radical (unpaired) electrons. The third-order valence-corrected chi connectivity index (χ3v) is 0.186. The van der Waals surface area contributed by atoms with Crippen LogP contribution in [0.2, 0.25) is 0 Å². The Balaban J connectivity index is 0. The summed E-state index contributed by atoms with van der Waals surface area (Å²) in [6, 6.07) is 0. The first kappa shape index (κ1) is 4.43. The average molecular weight is 76.1 g/mol. The van der Waals surface area contributed by atoms with Gasteiger partial charge in [0.15, 0.2) is 0 Å². The second-order valence-corrected chi connectivity index (χ2v) is 0.489. The molecule has 0 aromatic rings. The molecule has 5 heavy (non-hydrogen) atoms. The Kier molecular flexibility index (Phi) is 3.04. The van der Waals surface area contributed by atoms with Crippen molar-refractivity contribution in [2.24, 2.45) is 0 Å². The molecular weight excluding hydrogens is 68.0 g/mol. The van der Waals surface area contributed by atoms with E-state index in [-0.39, 0.29) is 1.43 Å². The highest BCUT2D eigenvalue weighted by molar-refractivity contribution is 5.43. The van der Waals surface area contributed by atoms with E-state index in [2.05, 4.69) is 12.5 Å². The molecule has 1 amide bonds. The molecule has 0 rings (SSSR count). The zero-order valence-corrected chi connectivity index (χ0v) is 2.77. The number of rotatable bonds is 2. The molecule has 0 aliphatic carbocycles. The molecule has 0 saturated carbocycles. The fourth-order valence-electron chi connectivity index (χ4n) is 0.0481. The highest BCUT2D eigenvalue weighted by Crippen LogP contribution is 1.01. The first-order valence-electron chi connectivity index (χ1n) is 1.22. The Labute approximate surface area is 31.8 Å². The van der Waals surface area contributed by atoms with Crippen molar-refractivity contribution in [1.29, 1.82) is 0 Å². The van der Waals surface area contributed by atoms with E-state index in [1.807, 2.05) is 0 Å². The summed E-state index contributed by atoms with van der Waals surface area (Å²) < 4.78 is 0. The Hall–Kier alpha value is -0.570. The number of nitrogens with two attached hydrogens (primary N) is 1. The van der Waals surface area contributed by atoms with Crippen molar-refractivity contribution in [3.63, 3.8) is 0 Å². The number of amides is 1. The van der Waals surface area contributed by atoms with E-state index in [1.54, 1.807) is 0 Å². The maximum Gasteiger partial charge on any atom is 0.250 e. The van der Waals surface area contributed by atoms with Gasteiger partial charge in [-0.2, -0.15) is 0 Å². The van der Waals surface area contributed by atoms with E-state index in [0.29, 0.717) is 6.41 Å². The molecule has 0 unspecified atom stereocenters. The second-order valence-electron chi connectivity index (χ2n) is 0.489. The summed E-state index contributed by atoms with van der Waals surface area (Å²) in [5.41, 5.74) is 3.51. The van der Waals surface area contributed by atoms with Gasteiger partial charge in [0.25, 0.3) is 0 Å². The van der Waals surface area contributed by atoms with Crippen molar-refractivity contribution < 1.29 is 11.6 Å². The van der Waals surface area contributed by atoms with Gasteiger partial charge in [-0.05, 0) is 0 Å². The Bertz CT molecular complexity index is 32.7. The van der Waals surface area contributed by atoms with Crippen molar-refractivity contribution in [2.75, 3.05) is 0 Å². The third-order valence-electron chi connectivity index (χ3n) is 0.186. The minimum Gasteiger partial charge on any atom is -0.373 e. The molecule has 0 saturated heterocycles. The molecule has 0 spiro atoms. The van der Waals surface area contributed by atoms with Crippen molar-refractivity contribution in [1.82, 2.24) is 5.43 Å². The lowest BCUT2D eigenvalue weighted by molar-refractivity contribution is -0.641. The Morgan fingerprint density at radius 3 is 2.80 bits per heavy atom. The summed E-state index contributed by atoms with van der Waals surface area (Å²) in [5.74, 6) is 0. The highest BCUT2D eigenvalue weighted by Gasteiger charge is 1.53. The van der Waals surface area contributed by atoms with Crippen molar-refractivity contribution >= 4 is 6.41 Å². The lowest BCUT2D eigenvalue weighted by Crippen LogP contribution is -2.86. The average Bonchev–Trinajstić information content (AvgIpc) is 1.41. The fraction of sp³-hybridized carbons (Fsp3) is 0. The molecule has 3 nitrogen and oxygen atoms in total. The molecule has 0 atom stereocenters. The predicted molar refractivity (Wildman–Crippen MR) is 18.6 cm³/mol. The lowest BCUT2D eigenvalue weighted by Gasteiger charge is -1.87. The van der Waals surface area contributed by atoms with Crippen LogP contribution in [0.3, 0.4) is 0 Å². The summed E-state index contributed by atoms with van der Waals surface area (Å²) in [4.78, 5) is 9.22. The van der Waals surface area contributed by atoms with Crippen LogP contribution in [0.15, 0.2) is 0 Å². The standard InChI is InChI=1S/C2H6N2O.H2/c1-3-4-2-5;/h2H,1,3H2,(H,4,5);1H. The van der Waals surface area contributed by atoms with Crippen LogP contribution in [-0.2, 0) is 4.79 Å². The monoisotopic (exact) mass is 76.1 g/mol. The first-order valence-corrected chi connectivity index (χ1v) is 1.22. The number of nitrogens with one attached hydrogen (secondary N) is 1. The molecule has 0 aromatic carbocycles. The summed E-state index contributed by atoms with van der Waals surface area (Å²) >= 11 is 0. The third kappa shape index (κ3) is 3.43. The lowest BCUT2D eigenvalue weighted by atomic mass is 11.3. The molecule has 3 N–H and O–H groups in total. The van der Waals surface area contributed by atoms with Gasteiger partial charge in [0.05, 0.1) is 0 Å². The minimum absolute atomic E-state index is 0. The summed E-state index contributed by atoms with van der Waals surface area (Å²) in [6.45, 7) is 0. The van der Waals surface area contributed by atoms with Gasteiger partial charge in [-0.15, -0.1) is 7.05 Å². The van der Waals surface area contributed by atoms with Crippen LogP contribution in [0.5, 0.6) is 0 Å². The van der Waals surface area contributed by atoms with Crippen LogP contribution in [0.1, 0.15) is 1.43 Å². The van der Waals surface area contributed by atoms with Crippen LogP contribution < -0.4 is 10.9 Å². The zero-order valence-electron chi connectivity index (χ0n) is 2.77. The molecule has 0 aliphatic rings. The number of carbonyl (C=O) groups excluding carboxylic acids is 1. The van der Waals surface area contributed by atoms with E-state index in [9.17, 15) is 4.79 Å². The van der Waals surface area contributed by atoms with Crippen LogP contribution >= 0.6 is 0 Å². The van der Waals surface area contributed by atoms with Crippen molar-refractivity contribution in [3.05, 3.63) is 7.05 Å². The SMILES string of the molecule is [CH2-][NH2+]NC=O.[HH]. The molecule has 0 aromatic heterocycles. The summed E-state index contributed by atoms with van der Waals surface area (Å²) in [7, 11) is 3.21. The topological polar surface area (TPSA) is 45.7 Å². The first-order chi connectivity index (χ1) is 2.41. The van der Waals surface area contributed by atoms with Gasteiger partial charge in [-0.3, -0.25) is 4.79 Å². The number of hydrogen-bond acceptors (Lipinski definition) is 1. The Morgan fingerprint density at radius 1 is 2.20 bits per heavy atom. The Morgan fingerprint density at radius 2 is 2.80 bits per heavy atom. The number of carbonyl (C=O) groups is 1. The molecule has 0 bridgehead atoms. The normalized spacial score (nSPS) is 6.60. The highest BCUT2D eigenvalue weighted by atomic mass is 16.1. The van der Waals surface area contributed by atoms with Gasteiger partial charge in [0.1, 0.15) is 0 Å². The largest absolute Gasteiger partial charge is 0.373 e. The van der Waals surface area contributed by atoms with E-state index < -0.39 is 0 Å². The van der Waals surface area contributed by atoms with Gasteiger partial charge in [-0.1, -0.05) is 0 Å². The number of quaternary nitrogens is 1. The summed E-state index contributed by atoms with van der Waals surface area (Å²) in [5, 5.41) is 0. The maximum absolute atomic E-state index is 9.22. The molecule has 3 heteroatoms. The van der Waals surface area contributed by atoms with Crippen LogP contribution in [-0.4, -0.2) is 6.41 Å². The van der Waals surface area contributed by atoms with E-state index >= 15 is 0 Å². The van der Waals surface area contributed by atoms with Crippen LogP contribution in [0.25, 0.3) is 0 Å². The van der Waals surface area contributed by atoms with Crippen molar-refractivity contribution in [3.8, 4) is 0 Å². The molecule has 0 aliphatic heterocycles. The smallest absolute Gasteiger partial charge is 0.250 e. The molecule has 0 heterocycles. The van der Waals surface area contributed by atoms with Crippen LogP contribution in [0, 0.1) is 7.05 Å². The molecular formula is C2H8N2O. The van der Waals surface area contributed by atoms with Gasteiger partial charge in [0, 0.05) is 1.43 Å². The predicted octanol–water partition coefficient (Wildman–Crippen LogP) is -1.75.